The predicted octanol–water partition coefficient (Wildman–Crippen LogP) is 1.60. The van der Waals surface area contributed by atoms with Gasteiger partial charge in [0.15, 0.2) is 0 Å². The fourth-order valence-corrected chi connectivity index (χ4v) is 4.27. The molecule has 156 valence electrons. The molecule has 1 aromatic carbocycles. The van der Waals surface area contributed by atoms with Gasteiger partial charge in [-0.3, -0.25) is 4.79 Å². The minimum Gasteiger partial charge on any atom is -0.490 e. The van der Waals surface area contributed by atoms with Crippen LogP contribution in [0.25, 0.3) is 0 Å². The number of sulfonamides is 1. The van der Waals surface area contributed by atoms with Gasteiger partial charge in [0.1, 0.15) is 17.6 Å². The highest BCUT2D eigenvalue weighted by atomic mass is 32.2. The number of piperidine rings is 1. The first-order valence-electron chi connectivity index (χ1n) is 9.35. The van der Waals surface area contributed by atoms with E-state index in [9.17, 15) is 18.0 Å². The monoisotopic (exact) mass is 420 g/mol. The highest BCUT2D eigenvalue weighted by Crippen LogP contribution is 2.19. The number of rotatable bonds is 6. The quantitative estimate of drug-likeness (QED) is 0.761. The molecule has 2 aromatic rings. The van der Waals surface area contributed by atoms with E-state index in [-0.39, 0.29) is 23.5 Å². The molecule has 0 bridgehead atoms. The third-order valence-corrected chi connectivity index (χ3v) is 6.08. The number of nitrogens with one attached hydrogen (secondary N) is 1. The Morgan fingerprint density at radius 1 is 1.21 bits per heavy atom. The molecular formula is C20H24N2O6S. The number of ether oxygens (including phenoxy) is 1. The van der Waals surface area contributed by atoms with Crippen LogP contribution in [0.3, 0.4) is 0 Å². The zero-order valence-corrected chi connectivity index (χ0v) is 17.2. The summed E-state index contributed by atoms with van der Waals surface area (Å²) < 4.78 is 37.8. The number of carbonyl (C=O) groups excluding carboxylic acids is 1. The zero-order valence-electron chi connectivity index (χ0n) is 16.4. The summed E-state index contributed by atoms with van der Waals surface area (Å²) in [5, 5.41) is 0. The number of benzene rings is 1. The molecule has 0 saturated carbocycles. The Labute approximate surface area is 169 Å². The lowest BCUT2D eigenvalue weighted by Crippen LogP contribution is -2.46. The average molecular weight is 420 g/mol. The fourth-order valence-electron chi connectivity index (χ4n) is 3.19. The molecule has 0 aliphatic carbocycles. The second kappa shape index (κ2) is 8.79. The van der Waals surface area contributed by atoms with Crippen molar-refractivity contribution in [2.45, 2.75) is 37.7 Å². The minimum absolute atomic E-state index is 0.121. The molecular weight excluding hydrogens is 396 g/mol. The van der Waals surface area contributed by atoms with Crippen LogP contribution in [0.15, 0.2) is 50.5 Å². The summed E-state index contributed by atoms with van der Waals surface area (Å²) in [7, 11) is -3.74. The summed E-state index contributed by atoms with van der Waals surface area (Å²) in [4.78, 5) is 25.6. The third-order valence-electron chi connectivity index (χ3n) is 4.68. The van der Waals surface area contributed by atoms with Gasteiger partial charge >= 0.3 is 5.63 Å². The first-order valence-corrected chi connectivity index (χ1v) is 10.8. The van der Waals surface area contributed by atoms with Gasteiger partial charge in [-0.2, -0.15) is 0 Å². The molecule has 0 unspecified atom stereocenters. The van der Waals surface area contributed by atoms with Crippen LogP contribution in [0.4, 0.5) is 0 Å². The van der Waals surface area contributed by atoms with Gasteiger partial charge in [-0.05, 0) is 31.5 Å². The van der Waals surface area contributed by atoms with Crippen molar-refractivity contribution in [1.29, 1.82) is 0 Å². The Morgan fingerprint density at radius 2 is 1.93 bits per heavy atom. The van der Waals surface area contributed by atoms with Crippen LogP contribution in [0, 0.1) is 13.8 Å². The normalized spacial score (nSPS) is 15.3. The second-order valence-electron chi connectivity index (χ2n) is 7.06. The molecule has 0 atom stereocenters. The molecule has 1 amide bonds. The Morgan fingerprint density at radius 3 is 2.59 bits per heavy atom. The summed E-state index contributed by atoms with van der Waals surface area (Å²) in [6, 6.07) is 9.47. The van der Waals surface area contributed by atoms with Gasteiger partial charge in [-0.15, -0.1) is 0 Å². The molecule has 9 heteroatoms. The Hall–Kier alpha value is -2.65. The summed E-state index contributed by atoms with van der Waals surface area (Å²) in [6.07, 6.45) is 1.06. The van der Waals surface area contributed by atoms with Gasteiger partial charge in [0.05, 0.1) is 17.5 Å². The van der Waals surface area contributed by atoms with Gasteiger partial charge in [0.25, 0.3) is 0 Å². The molecule has 1 aromatic heterocycles. The Kier molecular flexibility index (Phi) is 6.39. The molecule has 0 spiro atoms. The highest BCUT2D eigenvalue weighted by Gasteiger charge is 2.25. The molecule has 1 aliphatic rings. The van der Waals surface area contributed by atoms with E-state index in [0.717, 1.165) is 5.56 Å². The van der Waals surface area contributed by atoms with Gasteiger partial charge in [-0.1, -0.05) is 12.1 Å². The van der Waals surface area contributed by atoms with Crippen molar-refractivity contribution >= 4 is 15.9 Å². The number of hydrogen-bond acceptors (Lipinski definition) is 6. The predicted molar refractivity (Wildman–Crippen MR) is 106 cm³/mol. The molecule has 1 fully saturated rings. The van der Waals surface area contributed by atoms with Gasteiger partial charge in [0, 0.05) is 32.0 Å². The van der Waals surface area contributed by atoms with Crippen LogP contribution >= 0.6 is 0 Å². The molecule has 1 aliphatic heterocycles. The number of amides is 1. The van der Waals surface area contributed by atoms with Crippen LogP contribution in [-0.2, 0) is 14.8 Å². The lowest BCUT2D eigenvalue weighted by Gasteiger charge is -2.32. The number of likely N-dealkylation sites (tertiary alicyclic amines) is 1. The molecule has 8 nitrogen and oxygen atoms in total. The second-order valence-corrected chi connectivity index (χ2v) is 8.83. The number of nitrogens with zero attached hydrogens (tertiary/aromatic N) is 1. The molecule has 29 heavy (non-hydrogen) atoms. The van der Waals surface area contributed by atoms with E-state index in [4.69, 9.17) is 9.15 Å². The number of carbonyl (C=O) groups is 1. The van der Waals surface area contributed by atoms with Crippen molar-refractivity contribution in [1.82, 2.24) is 9.62 Å². The van der Waals surface area contributed by atoms with E-state index >= 15 is 0 Å². The van der Waals surface area contributed by atoms with Gasteiger partial charge in [0.2, 0.25) is 15.9 Å². The van der Waals surface area contributed by atoms with Crippen LogP contribution in [0.2, 0.25) is 0 Å². The maximum atomic E-state index is 12.4. The first kappa shape index (κ1) is 21.1. The van der Waals surface area contributed by atoms with E-state index in [1.54, 1.807) is 43.0 Å². The molecule has 1 saturated heterocycles. The minimum atomic E-state index is -3.74. The maximum Gasteiger partial charge on any atom is 0.339 e. The summed E-state index contributed by atoms with van der Waals surface area (Å²) in [6.45, 7) is 4.10. The first-order chi connectivity index (χ1) is 13.7. The van der Waals surface area contributed by atoms with Crippen molar-refractivity contribution in [2.75, 3.05) is 19.6 Å². The van der Waals surface area contributed by atoms with Crippen LogP contribution in [0.5, 0.6) is 5.75 Å². The van der Waals surface area contributed by atoms with Crippen LogP contribution in [-0.4, -0.2) is 45.0 Å². The topological polar surface area (TPSA) is 106 Å². The summed E-state index contributed by atoms with van der Waals surface area (Å²) in [5.74, 6) is 0.645. The highest BCUT2D eigenvalue weighted by molar-refractivity contribution is 7.89. The Bertz CT molecular complexity index is 1040. The van der Waals surface area contributed by atoms with E-state index in [1.165, 1.54) is 12.1 Å². The van der Waals surface area contributed by atoms with E-state index in [1.807, 2.05) is 0 Å². The zero-order chi connectivity index (χ0) is 21.0. The Balaban J connectivity index is 1.50. The van der Waals surface area contributed by atoms with Crippen molar-refractivity contribution in [2.24, 2.45) is 0 Å². The van der Waals surface area contributed by atoms with Crippen LogP contribution < -0.4 is 15.1 Å². The van der Waals surface area contributed by atoms with E-state index < -0.39 is 15.6 Å². The van der Waals surface area contributed by atoms with E-state index in [2.05, 4.69) is 4.72 Å². The van der Waals surface area contributed by atoms with Crippen LogP contribution in [0.1, 0.15) is 24.2 Å². The maximum absolute atomic E-state index is 12.4. The van der Waals surface area contributed by atoms with Crippen molar-refractivity contribution in [3.05, 3.63) is 58.1 Å². The van der Waals surface area contributed by atoms with Crippen molar-refractivity contribution in [3.8, 4) is 5.75 Å². The molecule has 2 heterocycles. The molecule has 3 rings (SSSR count). The molecule has 1 N–H and O–H groups in total. The lowest BCUT2D eigenvalue weighted by atomic mass is 10.1. The third kappa shape index (κ3) is 5.68. The standard InChI is InChI=1S/C20H24N2O6S/c1-14-4-3-5-18(10-14)29(25,26)21-13-19(23)22-8-6-16(7-9-22)28-17-11-15(2)27-20(24)12-17/h3-5,10-12,16,21H,6-9,13H2,1-2H3. The summed E-state index contributed by atoms with van der Waals surface area (Å²) in [5.41, 5.74) is 0.362. The smallest absolute Gasteiger partial charge is 0.339 e. The van der Waals surface area contributed by atoms with Gasteiger partial charge < -0.3 is 14.1 Å². The number of hydrogen-bond donors (Lipinski definition) is 1. The molecule has 0 radical (unpaired) electrons. The SMILES string of the molecule is Cc1cccc(S(=O)(=O)NCC(=O)N2CCC(Oc3cc(C)oc(=O)c3)CC2)c1. The van der Waals surface area contributed by atoms with Gasteiger partial charge in [-0.25, -0.2) is 17.9 Å². The van der Waals surface area contributed by atoms with E-state index in [0.29, 0.717) is 37.4 Å². The van der Waals surface area contributed by atoms with Crippen molar-refractivity contribution < 1.29 is 22.4 Å². The van der Waals surface area contributed by atoms with Crippen molar-refractivity contribution in [3.63, 3.8) is 0 Å². The lowest BCUT2D eigenvalue weighted by molar-refractivity contribution is -0.131. The summed E-state index contributed by atoms with van der Waals surface area (Å²) >= 11 is 0. The fraction of sp³-hybridized carbons (Fsp3) is 0.400. The largest absolute Gasteiger partial charge is 0.490 e. The average Bonchev–Trinajstić information content (AvgIpc) is 2.66. The number of aryl methyl sites for hydroxylation is 2.